The van der Waals surface area contributed by atoms with Gasteiger partial charge >= 0.3 is 6.03 Å². The van der Waals surface area contributed by atoms with Crippen LogP contribution in [0.15, 0.2) is 18.2 Å². The second kappa shape index (κ2) is 5.27. The van der Waals surface area contributed by atoms with Crippen molar-refractivity contribution in [3.63, 3.8) is 0 Å². The van der Waals surface area contributed by atoms with Crippen LogP contribution in [-0.4, -0.2) is 36.5 Å². The fourth-order valence-electron chi connectivity index (χ4n) is 1.80. The summed E-state index contributed by atoms with van der Waals surface area (Å²) >= 11 is 5.85. The molecule has 96 valence electrons. The van der Waals surface area contributed by atoms with Crippen LogP contribution < -0.4 is 10.6 Å². The maximum Gasteiger partial charge on any atom is 0.324 e. The molecule has 3 amide bonds. The normalized spacial score (nSPS) is 14.6. The predicted octanol–water partition coefficient (Wildman–Crippen LogP) is 1.61. The molecule has 6 heteroatoms. The zero-order valence-electron chi connectivity index (χ0n) is 10.00. The Kier molecular flexibility index (Phi) is 3.72. The molecule has 2 rings (SSSR count). The Morgan fingerprint density at radius 3 is 2.94 bits per heavy atom. The lowest BCUT2D eigenvalue weighted by Gasteiger charge is -2.14. The van der Waals surface area contributed by atoms with E-state index in [9.17, 15) is 9.59 Å². The lowest BCUT2D eigenvalue weighted by Crippen LogP contribution is -2.38. The highest BCUT2D eigenvalue weighted by Crippen LogP contribution is 2.19. The molecule has 1 heterocycles. The molecule has 1 aliphatic heterocycles. The SMILES string of the molecule is Cc1cc(Cl)ccc1NCC(=O)N1CCNC1=O. The number of amides is 3. The van der Waals surface area contributed by atoms with Crippen LogP contribution >= 0.6 is 11.6 Å². The molecule has 0 bridgehead atoms. The molecule has 0 radical (unpaired) electrons. The molecule has 18 heavy (non-hydrogen) atoms. The number of urea groups is 1. The average molecular weight is 268 g/mol. The Morgan fingerprint density at radius 1 is 1.56 bits per heavy atom. The lowest BCUT2D eigenvalue weighted by atomic mass is 10.2. The Balaban J connectivity index is 1.95. The van der Waals surface area contributed by atoms with Gasteiger partial charge in [-0.25, -0.2) is 4.79 Å². The third-order valence-corrected chi connectivity index (χ3v) is 3.01. The van der Waals surface area contributed by atoms with Gasteiger partial charge in [0.25, 0.3) is 0 Å². The van der Waals surface area contributed by atoms with E-state index >= 15 is 0 Å². The molecular weight excluding hydrogens is 254 g/mol. The molecular formula is C12H14ClN3O2. The Bertz CT molecular complexity index is 490. The Hall–Kier alpha value is -1.75. The summed E-state index contributed by atoms with van der Waals surface area (Å²) in [6, 6.07) is 5.06. The highest BCUT2D eigenvalue weighted by atomic mass is 35.5. The molecule has 1 aliphatic rings. The van der Waals surface area contributed by atoms with E-state index in [1.54, 1.807) is 6.07 Å². The summed E-state index contributed by atoms with van der Waals surface area (Å²) in [4.78, 5) is 24.3. The largest absolute Gasteiger partial charge is 0.376 e. The number of nitrogens with one attached hydrogen (secondary N) is 2. The molecule has 1 saturated heterocycles. The molecule has 0 atom stereocenters. The van der Waals surface area contributed by atoms with Gasteiger partial charge in [-0.1, -0.05) is 11.6 Å². The first-order chi connectivity index (χ1) is 8.58. The third-order valence-electron chi connectivity index (χ3n) is 2.78. The number of hydrogen-bond donors (Lipinski definition) is 2. The quantitative estimate of drug-likeness (QED) is 0.875. The molecule has 0 aliphatic carbocycles. The standard InChI is InChI=1S/C12H14ClN3O2/c1-8-6-9(13)2-3-10(8)15-7-11(17)16-5-4-14-12(16)18/h2-3,6,15H,4-5,7H2,1H3,(H,14,18). The van der Waals surface area contributed by atoms with Crippen molar-refractivity contribution < 1.29 is 9.59 Å². The van der Waals surface area contributed by atoms with Crippen LogP contribution in [0, 0.1) is 6.92 Å². The monoisotopic (exact) mass is 267 g/mol. The topological polar surface area (TPSA) is 61.4 Å². The number of benzene rings is 1. The fourth-order valence-corrected chi connectivity index (χ4v) is 2.03. The minimum atomic E-state index is -0.324. The fraction of sp³-hybridized carbons (Fsp3) is 0.333. The lowest BCUT2D eigenvalue weighted by molar-refractivity contribution is -0.125. The van der Waals surface area contributed by atoms with Crippen LogP contribution in [0.25, 0.3) is 0 Å². The average Bonchev–Trinajstić information content (AvgIpc) is 2.74. The van der Waals surface area contributed by atoms with Crippen molar-refractivity contribution in [1.82, 2.24) is 10.2 Å². The summed E-state index contributed by atoms with van der Waals surface area (Å²) in [5, 5.41) is 6.25. The number of hydrogen-bond acceptors (Lipinski definition) is 3. The van der Waals surface area contributed by atoms with Crippen LogP contribution in [0.1, 0.15) is 5.56 Å². The van der Waals surface area contributed by atoms with Crippen LogP contribution in [0.3, 0.4) is 0 Å². The minimum Gasteiger partial charge on any atom is -0.376 e. The number of imide groups is 1. The van der Waals surface area contributed by atoms with Gasteiger partial charge in [0.05, 0.1) is 6.54 Å². The van der Waals surface area contributed by atoms with Crippen molar-refractivity contribution in [1.29, 1.82) is 0 Å². The van der Waals surface area contributed by atoms with E-state index in [4.69, 9.17) is 11.6 Å². The second-order valence-corrected chi connectivity index (χ2v) is 4.53. The van der Waals surface area contributed by atoms with Crippen molar-refractivity contribution in [2.75, 3.05) is 25.0 Å². The third kappa shape index (κ3) is 2.73. The van der Waals surface area contributed by atoms with Gasteiger partial charge in [0, 0.05) is 23.8 Å². The predicted molar refractivity (Wildman–Crippen MR) is 69.8 cm³/mol. The zero-order chi connectivity index (χ0) is 13.1. The number of rotatable bonds is 3. The van der Waals surface area contributed by atoms with Gasteiger partial charge in [-0.05, 0) is 30.7 Å². The highest BCUT2D eigenvalue weighted by Gasteiger charge is 2.25. The second-order valence-electron chi connectivity index (χ2n) is 4.09. The Morgan fingerprint density at radius 2 is 2.33 bits per heavy atom. The molecule has 1 fully saturated rings. The molecule has 0 unspecified atom stereocenters. The van der Waals surface area contributed by atoms with E-state index in [-0.39, 0.29) is 18.5 Å². The first-order valence-electron chi connectivity index (χ1n) is 5.66. The van der Waals surface area contributed by atoms with Gasteiger partial charge in [0.15, 0.2) is 0 Å². The van der Waals surface area contributed by atoms with Gasteiger partial charge in [-0.2, -0.15) is 0 Å². The summed E-state index contributed by atoms with van der Waals surface area (Å²) < 4.78 is 0. The van der Waals surface area contributed by atoms with E-state index in [1.165, 1.54) is 4.90 Å². The molecule has 1 aromatic carbocycles. The van der Waals surface area contributed by atoms with Crippen molar-refractivity contribution in [2.45, 2.75) is 6.92 Å². The van der Waals surface area contributed by atoms with Gasteiger partial charge in [0.1, 0.15) is 0 Å². The number of nitrogens with zero attached hydrogens (tertiary/aromatic N) is 1. The van der Waals surface area contributed by atoms with Crippen molar-refractivity contribution >= 4 is 29.2 Å². The van der Waals surface area contributed by atoms with Gasteiger partial charge < -0.3 is 10.6 Å². The summed E-state index contributed by atoms with van der Waals surface area (Å²) in [5.41, 5.74) is 1.80. The van der Waals surface area contributed by atoms with Gasteiger partial charge in [-0.15, -0.1) is 0 Å². The van der Waals surface area contributed by atoms with Crippen LogP contribution in [0.5, 0.6) is 0 Å². The number of halogens is 1. The first-order valence-corrected chi connectivity index (χ1v) is 6.04. The minimum absolute atomic E-state index is 0.0931. The van der Waals surface area contributed by atoms with Crippen molar-refractivity contribution in [2.24, 2.45) is 0 Å². The molecule has 0 spiro atoms. The molecule has 5 nitrogen and oxygen atoms in total. The van der Waals surface area contributed by atoms with Crippen molar-refractivity contribution in [3.8, 4) is 0 Å². The van der Waals surface area contributed by atoms with Crippen LogP contribution in [-0.2, 0) is 4.79 Å². The van der Waals surface area contributed by atoms with E-state index in [0.717, 1.165) is 11.3 Å². The first kappa shape index (κ1) is 12.7. The van der Waals surface area contributed by atoms with Gasteiger partial charge in [0.2, 0.25) is 5.91 Å². The summed E-state index contributed by atoms with van der Waals surface area (Å²) in [6.45, 7) is 2.95. The van der Waals surface area contributed by atoms with E-state index in [2.05, 4.69) is 10.6 Å². The number of carbonyl (C=O) groups excluding carboxylic acids is 2. The van der Waals surface area contributed by atoms with Crippen LogP contribution in [0.4, 0.5) is 10.5 Å². The smallest absolute Gasteiger partial charge is 0.324 e. The van der Waals surface area contributed by atoms with E-state index in [0.29, 0.717) is 18.1 Å². The Labute approximate surface area is 110 Å². The molecule has 0 saturated carbocycles. The number of carbonyl (C=O) groups is 2. The molecule has 1 aromatic rings. The number of anilines is 1. The summed E-state index contributed by atoms with van der Waals surface area (Å²) in [5.74, 6) is -0.237. The molecule has 0 aromatic heterocycles. The van der Waals surface area contributed by atoms with Crippen LogP contribution in [0.2, 0.25) is 5.02 Å². The molecule has 2 N–H and O–H groups in total. The summed E-state index contributed by atoms with van der Waals surface area (Å²) in [7, 11) is 0. The number of aryl methyl sites for hydroxylation is 1. The van der Waals surface area contributed by atoms with E-state index < -0.39 is 0 Å². The highest BCUT2D eigenvalue weighted by molar-refractivity contribution is 6.30. The zero-order valence-corrected chi connectivity index (χ0v) is 10.8. The maximum absolute atomic E-state index is 11.8. The van der Waals surface area contributed by atoms with E-state index in [1.807, 2.05) is 19.1 Å². The maximum atomic E-state index is 11.8. The van der Waals surface area contributed by atoms with Crippen molar-refractivity contribution in [3.05, 3.63) is 28.8 Å². The van der Waals surface area contributed by atoms with Gasteiger partial charge in [-0.3, -0.25) is 9.69 Å². The summed E-state index contributed by atoms with van der Waals surface area (Å²) in [6.07, 6.45) is 0.